The number of nitrogens with one attached hydrogen (secondary N) is 2. The number of halogens is 3. The lowest BCUT2D eigenvalue weighted by Crippen LogP contribution is -2.13. The first-order valence-electron chi connectivity index (χ1n) is 5.64. The molecule has 9 heteroatoms. The van der Waals surface area contributed by atoms with Crippen LogP contribution in [0.4, 0.5) is 15.9 Å². The molecule has 0 fully saturated rings. The number of anilines is 2. The quantitative estimate of drug-likeness (QED) is 0.833. The van der Waals surface area contributed by atoms with Crippen molar-refractivity contribution in [2.24, 2.45) is 0 Å². The topological polar surface area (TPSA) is 71.1 Å². The van der Waals surface area contributed by atoms with Crippen molar-refractivity contribution in [3.05, 3.63) is 45.8 Å². The zero-order valence-corrected chi connectivity index (χ0v) is 13.9. The monoisotopic (exact) mass is 393 g/mol. The first-order valence-corrected chi connectivity index (χ1v) is 8.30. The minimum atomic E-state index is -3.90. The molecule has 5 nitrogen and oxygen atoms in total. The number of nitrogens with zero attached hydrogens (tertiary/aromatic N) is 1. The smallest absolute Gasteiger partial charge is 0.263 e. The zero-order chi connectivity index (χ0) is 15.6. The van der Waals surface area contributed by atoms with Crippen LogP contribution in [0.2, 0.25) is 5.02 Å². The highest BCUT2D eigenvalue weighted by atomic mass is 79.9. The Kier molecular flexibility index (Phi) is 4.70. The molecule has 0 saturated heterocycles. The van der Waals surface area contributed by atoms with Crippen LogP contribution in [-0.2, 0) is 10.0 Å². The molecule has 2 N–H and O–H groups in total. The highest BCUT2D eigenvalue weighted by Gasteiger charge is 2.17. The van der Waals surface area contributed by atoms with E-state index in [2.05, 4.69) is 31.0 Å². The Balaban J connectivity index is 2.33. The van der Waals surface area contributed by atoms with E-state index in [0.717, 1.165) is 12.3 Å². The highest BCUT2D eigenvalue weighted by Crippen LogP contribution is 2.25. The maximum atomic E-state index is 13.4. The van der Waals surface area contributed by atoms with Crippen molar-refractivity contribution in [3.63, 3.8) is 0 Å². The fraction of sp³-hybridized carbons (Fsp3) is 0.0833. The molecule has 0 aliphatic heterocycles. The predicted octanol–water partition coefficient (Wildman–Crippen LogP) is 3.48. The summed E-state index contributed by atoms with van der Waals surface area (Å²) in [5, 5.41) is 2.89. The van der Waals surface area contributed by atoms with Gasteiger partial charge in [-0.1, -0.05) is 11.6 Å². The van der Waals surface area contributed by atoms with Crippen molar-refractivity contribution in [2.45, 2.75) is 4.90 Å². The summed E-state index contributed by atoms with van der Waals surface area (Å²) in [6.07, 6.45) is 1.16. The Morgan fingerprint density at radius 2 is 2.05 bits per heavy atom. The molecule has 0 spiro atoms. The second-order valence-electron chi connectivity index (χ2n) is 3.99. The summed E-state index contributed by atoms with van der Waals surface area (Å²) in [5.41, 5.74) is 0.101. The number of benzene rings is 1. The molecule has 0 saturated carbocycles. The highest BCUT2D eigenvalue weighted by molar-refractivity contribution is 9.10. The largest absolute Gasteiger partial charge is 0.372 e. The Morgan fingerprint density at radius 1 is 1.33 bits per heavy atom. The molecule has 0 aliphatic rings. The van der Waals surface area contributed by atoms with Crippen LogP contribution < -0.4 is 10.0 Å². The third-order valence-corrected chi connectivity index (χ3v) is 4.81. The zero-order valence-electron chi connectivity index (χ0n) is 10.7. The summed E-state index contributed by atoms with van der Waals surface area (Å²) in [6, 6.07) is 5.17. The average Bonchev–Trinajstić information content (AvgIpc) is 2.42. The van der Waals surface area contributed by atoms with Gasteiger partial charge in [0, 0.05) is 13.2 Å². The van der Waals surface area contributed by atoms with E-state index in [0.29, 0.717) is 5.82 Å². The maximum Gasteiger partial charge on any atom is 0.263 e. The summed E-state index contributed by atoms with van der Waals surface area (Å²) >= 11 is 8.89. The predicted molar refractivity (Wildman–Crippen MR) is 83.7 cm³/mol. The van der Waals surface area contributed by atoms with Crippen molar-refractivity contribution in [1.29, 1.82) is 0 Å². The molecule has 112 valence electrons. The molecule has 0 radical (unpaired) electrons. The van der Waals surface area contributed by atoms with Crippen LogP contribution in [0.5, 0.6) is 0 Å². The van der Waals surface area contributed by atoms with E-state index in [4.69, 9.17) is 11.6 Å². The number of sulfonamides is 1. The van der Waals surface area contributed by atoms with Gasteiger partial charge in [-0.15, -0.1) is 0 Å². The number of hydrogen-bond acceptors (Lipinski definition) is 4. The molecule has 0 amide bonds. The number of hydrogen-bond donors (Lipinski definition) is 2. The van der Waals surface area contributed by atoms with E-state index in [9.17, 15) is 12.8 Å². The van der Waals surface area contributed by atoms with Gasteiger partial charge in [0.15, 0.2) is 0 Å². The molecular weight excluding hydrogens is 385 g/mol. The lowest BCUT2D eigenvalue weighted by atomic mass is 10.3. The van der Waals surface area contributed by atoms with Gasteiger partial charge in [-0.2, -0.15) is 0 Å². The normalized spacial score (nSPS) is 11.2. The molecule has 21 heavy (non-hydrogen) atoms. The molecule has 1 aromatic heterocycles. The molecular formula is C12H10BrClFN3O2S. The van der Waals surface area contributed by atoms with E-state index in [-0.39, 0.29) is 20.1 Å². The van der Waals surface area contributed by atoms with Crippen molar-refractivity contribution in [1.82, 2.24) is 4.98 Å². The van der Waals surface area contributed by atoms with Gasteiger partial charge >= 0.3 is 0 Å². The van der Waals surface area contributed by atoms with Gasteiger partial charge in [0.1, 0.15) is 16.5 Å². The third-order valence-electron chi connectivity index (χ3n) is 2.54. The van der Waals surface area contributed by atoms with Gasteiger partial charge in [-0.05, 0) is 40.2 Å². The van der Waals surface area contributed by atoms with Gasteiger partial charge in [0.2, 0.25) is 0 Å². The van der Waals surface area contributed by atoms with Crippen molar-refractivity contribution < 1.29 is 12.8 Å². The standard InChI is InChI=1S/C12H10BrClFN3O2S/c1-16-12-10(14)5-8(6-17-12)21(19,20)18-7-2-3-9(13)11(15)4-7/h2-6,18H,1H3,(H,16,17). The molecule has 0 unspecified atom stereocenters. The minimum absolute atomic E-state index is 0.101. The third kappa shape index (κ3) is 3.63. The lowest BCUT2D eigenvalue weighted by molar-refractivity contribution is 0.600. The first-order chi connectivity index (χ1) is 9.83. The van der Waals surface area contributed by atoms with E-state index in [1.807, 2.05) is 0 Å². The molecule has 0 atom stereocenters. The SMILES string of the molecule is CNc1ncc(S(=O)(=O)Nc2ccc(Br)c(F)c2)cc1Cl. The van der Waals surface area contributed by atoms with Gasteiger partial charge in [0.25, 0.3) is 10.0 Å². The van der Waals surface area contributed by atoms with E-state index in [1.165, 1.54) is 18.2 Å². The molecule has 2 rings (SSSR count). The summed E-state index contributed by atoms with van der Waals surface area (Å²) < 4.78 is 40.3. The number of aromatic nitrogens is 1. The molecule has 1 aromatic carbocycles. The van der Waals surface area contributed by atoms with Gasteiger partial charge < -0.3 is 5.32 Å². The van der Waals surface area contributed by atoms with Crippen LogP contribution in [-0.4, -0.2) is 20.4 Å². The number of rotatable bonds is 4. The fourth-order valence-electron chi connectivity index (χ4n) is 1.52. The second kappa shape index (κ2) is 6.17. The van der Waals surface area contributed by atoms with Crippen molar-refractivity contribution in [3.8, 4) is 0 Å². The van der Waals surface area contributed by atoms with Crippen LogP contribution in [0.25, 0.3) is 0 Å². The summed E-state index contributed by atoms with van der Waals surface area (Å²) in [7, 11) is -2.28. The van der Waals surface area contributed by atoms with E-state index < -0.39 is 15.8 Å². The molecule has 0 aliphatic carbocycles. The number of pyridine rings is 1. The van der Waals surface area contributed by atoms with Gasteiger partial charge in [0.05, 0.1) is 15.2 Å². The average molecular weight is 395 g/mol. The molecule has 1 heterocycles. The lowest BCUT2D eigenvalue weighted by Gasteiger charge is -2.10. The van der Waals surface area contributed by atoms with E-state index >= 15 is 0 Å². The Hall–Kier alpha value is -1.38. The van der Waals surface area contributed by atoms with E-state index in [1.54, 1.807) is 7.05 Å². The second-order valence-corrected chi connectivity index (χ2v) is 6.93. The van der Waals surface area contributed by atoms with Crippen molar-refractivity contribution in [2.75, 3.05) is 17.1 Å². The minimum Gasteiger partial charge on any atom is -0.372 e. The summed E-state index contributed by atoms with van der Waals surface area (Å²) in [4.78, 5) is 3.78. The first kappa shape index (κ1) is 16.0. The van der Waals surface area contributed by atoms with Gasteiger partial charge in [-0.25, -0.2) is 17.8 Å². The van der Waals surface area contributed by atoms with Crippen LogP contribution in [0.3, 0.4) is 0 Å². The summed E-state index contributed by atoms with van der Waals surface area (Å²) in [6.45, 7) is 0. The Bertz CT molecular complexity index is 786. The Labute approximate surface area is 134 Å². The van der Waals surface area contributed by atoms with Crippen LogP contribution in [0, 0.1) is 5.82 Å². The van der Waals surface area contributed by atoms with Gasteiger partial charge in [-0.3, -0.25) is 4.72 Å². The molecule has 0 bridgehead atoms. The fourth-order valence-corrected chi connectivity index (χ4v) is 3.12. The van der Waals surface area contributed by atoms with Crippen LogP contribution in [0.1, 0.15) is 0 Å². The van der Waals surface area contributed by atoms with Crippen molar-refractivity contribution >= 4 is 49.1 Å². The maximum absolute atomic E-state index is 13.4. The van der Waals surface area contributed by atoms with Crippen LogP contribution in [0.15, 0.2) is 39.8 Å². The Morgan fingerprint density at radius 3 is 2.62 bits per heavy atom. The van der Waals surface area contributed by atoms with Crippen LogP contribution >= 0.6 is 27.5 Å². The molecule has 2 aromatic rings. The summed E-state index contributed by atoms with van der Waals surface area (Å²) in [5.74, 6) is -0.206.